The number of aromatic amines is 1. The molecule has 1 atom stereocenters. The van der Waals surface area contributed by atoms with Crippen molar-refractivity contribution >= 4 is 29.7 Å². The first-order chi connectivity index (χ1) is 15.4. The summed E-state index contributed by atoms with van der Waals surface area (Å²) in [5.74, 6) is -5.41. The molecule has 0 saturated carbocycles. The largest absolute Gasteiger partial charge is 0.490 e. The zero-order valence-electron chi connectivity index (χ0n) is 16.6. The van der Waals surface area contributed by atoms with Crippen molar-refractivity contribution in [3.63, 3.8) is 0 Å². The average molecular weight is 470 g/mol. The van der Waals surface area contributed by atoms with Gasteiger partial charge in [-0.25, -0.2) is 14.6 Å². The number of alkyl halides is 3. The summed E-state index contributed by atoms with van der Waals surface area (Å²) in [5, 5.41) is 18.8. The number of imidazole rings is 1. The molecule has 2 heterocycles. The van der Waals surface area contributed by atoms with Crippen molar-refractivity contribution in [1.29, 1.82) is 0 Å². The van der Waals surface area contributed by atoms with Gasteiger partial charge in [-0.2, -0.15) is 13.2 Å². The highest BCUT2D eigenvalue weighted by atomic mass is 19.4. The number of nitrogens with one attached hydrogen (secondary N) is 2. The number of H-pyrrole nitrogens is 1. The van der Waals surface area contributed by atoms with E-state index in [1.54, 1.807) is 24.3 Å². The van der Waals surface area contributed by atoms with Gasteiger partial charge in [-0.05, 0) is 12.1 Å². The summed E-state index contributed by atoms with van der Waals surface area (Å²) in [6.07, 6.45) is -2.33. The minimum absolute atomic E-state index is 0.0497. The molecule has 0 unspecified atom stereocenters. The molecule has 0 bridgehead atoms. The van der Waals surface area contributed by atoms with Crippen LogP contribution in [0.15, 0.2) is 36.8 Å². The fourth-order valence-electron chi connectivity index (χ4n) is 2.74. The first-order valence-electron chi connectivity index (χ1n) is 9.16. The van der Waals surface area contributed by atoms with E-state index in [1.807, 2.05) is 0 Å². The maximum absolute atomic E-state index is 12.2. The summed E-state index contributed by atoms with van der Waals surface area (Å²) in [6, 6.07) is 5.30. The maximum atomic E-state index is 12.2. The van der Waals surface area contributed by atoms with E-state index in [-0.39, 0.29) is 19.4 Å². The highest BCUT2D eigenvalue weighted by Gasteiger charge is 2.38. The molecule has 0 radical (unpaired) electrons. The van der Waals surface area contributed by atoms with Gasteiger partial charge in [-0.3, -0.25) is 19.3 Å². The molecule has 2 aromatic rings. The normalized spacial score (nSPS) is 13.6. The van der Waals surface area contributed by atoms with Gasteiger partial charge in [-0.1, -0.05) is 12.1 Å². The zero-order valence-corrected chi connectivity index (χ0v) is 16.6. The van der Waals surface area contributed by atoms with E-state index in [0.717, 1.165) is 4.90 Å². The lowest BCUT2D eigenvalue weighted by atomic mass is 10.1. The number of imide groups is 1. The second-order valence-corrected chi connectivity index (χ2v) is 6.60. The number of aliphatic carboxylic acids is 2. The Morgan fingerprint density at radius 3 is 2.06 bits per heavy atom. The Morgan fingerprint density at radius 2 is 1.64 bits per heavy atom. The van der Waals surface area contributed by atoms with Crippen LogP contribution in [0.5, 0.6) is 0 Å². The number of carbonyl (C=O) groups is 5. The van der Waals surface area contributed by atoms with Crippen LogP contribution in [0.1, 0.15) is 32.8 Å². The van der Waals surface area contributed by atoms with Crippen LogP contribution in [0.4, 0.5) is 13.2 Å². The van der Waals surface area contributed by atoms with Crippen LogP contribution in [0.3, 0.4) is 0 Å². The van der Waals surface area contributed by atoms with Crippen LogP contribution < -0.4 is 5.32 Å². The number of carboxylic acids is 2. The number of nitrogens with zero attached hydrogens (tertiary/aromatic N) is 2. The van der Waals surface area contributed by atoms with E-state index in [4.69, 9.17) is 9.90 Å². The van der Waals surface area contributed by atoms with Gasteiger partial charge in [-0.15, -0.1) is 0 Å². The second-order valence-electron chi connectivity index (χ2n) is 6.60. The van der Waals surface area contributed by atoms with Crippen LogP contribution >= 0.6 is 0 Å². The number of amides is 3. The van der Waals surface area contributed by atoms with E-state index in [0.29, 0.717) is 16.8 Å². The maximum Gasteiger partial charge on any atom is 0.490 e. The summed E-state index contributed by atoms with van der Waals surface area (Å²) in [4.78, 5) is 64.3. The molecule has 14 heteroatoms. The third-order valence-electron chi connectivity index (χ3n) is 4.30. The van der Waals surface area contributed by atoms with E-state index in [2.05, 4.69) is 15.3 Å². The second kappa shape index (κ2) is 10.4. The molecule has 4 N–H and O–H groups in total. The monoisotopic (exact) mass is 470 g/mol. The van der Waals surface area contributed by atoms with Crippen molar-refractivity contribution in [2.75, 3.05) is 6.54 Å². The SMILES string of the molecule is O=C(CCN1C(=O)c2ccccc2C1=O)N[C@H](Cc1cnc[nH]1)C(=O)O.O=C(O)C(F)(F)F. The number of carboxylic acid groups (broad SMARTS) is 2. The number of hydrogen-bond acceptors (Lipinski definition) is 6. The summed E-state index contributed by atoms with van der Waals surface area (Å²) in [6.45, 7) is -0.116. The molecule has 11 nitrogen and oxygen atoms in total. The molecule has 0 saturated heterocycles. The fraction of sp³-hybridized carbons (Fsp3) is 0.263. The molecule has 1 aromatic carbocycles. The third kappa shape index (κ3) is 6.62. The Bertz CT molecular complexity index is 1020. The van der Waals surface area contributed by atoms with Gasteiger partial charge in [0.2, 0.25) is 5.91 Å². The molecular weight excluding hydrogens is 453 g/mol. The van der Waals surface area contributed by atoms with Gasteiger partial charge in [0.15, 0.2) is 0 Å². The van der Waals surface area contributed by atoms with Crippen molar-refractivity contribution in [2.24, 2.45) is 0 Å². The van der Waals surface area contributed by atoms with Gasteiger partial charge in [0, 0.05) is 31.3 Å². The molecular formula is C19H17F3N4O7. The average Bonchev–Trinajstić information content (AvgIpc) is 3.33. The van der Waals surface area contributed by atoms with Gasteiger partial charge in [0.05, 0.1) is 17.5 Å². The van der Waals surface area contributed by atoms with Gasteiger partial charge >= 0.3 is 18.1 Å². The predicted molar refractivity (Wildman–Crippen MR) is 102 cm³/mol. The summed E-state index contributed by atoms with van der Waals surface area (Å²) < 4.78 is 31.7. The Balaban J connectivity index is 0.000000479. The first kappa shape index (κ1) is 25.0. The minimum Gasteiger partial charge on any atom is -0.480 e. The van der Waals surface area contributed by atoms with Crippen molar-refractivity contribution in [3.05, 3.63) is 53.6 Å². The Morgan fingerprint density at radius 1 is 1.09 bits per heavy atom. The highest BCUT2D eigenvalue weighted by molar-refractivity contribution is 6.21. The quantitative estimate of drug-likeness (QED) is 0.432. The molecule has 1 aliphatic heterocycles. The molecule has 1 aromatic heterocycles. The number of hydrogen-bond donors (Lipinski definition) is 4. The van der Waals surface area contributed by atoms with E-state index in [9.17, 15) is 37.5 Å². The molecule has 0 fully saturated rings. The molecule has 33 heavy (non-hydrogen) atoms. The zero-order chi connectivity index (χ0) is 24.8. The number of fused-ring (bicyclic) bond motifs is 1. The standard InChI is InChI=1S/C17H16N4O5.C2HF3O2/c22-14(20-13(17(25)26)7-10-8-18-9-19-10)5-6-21-15(23)11-3-1-2-4-12(11)16(21)24;3-2(4,5)1(6)7/h1-4,8-9,13H,5-7H2,(H,18,19)(H,20,22)(H,25,26);(H,6,7)/t13-;/m1./s1. The van der Waals surface area contributed by atoms with Crippen molar-refractivity contribution in [2.45, 2.75) is 25.1 Å². The van der Waals surface area contributed by atoms with Crippen molar-refractivity contribution in [3.8, 4) is 0 Å². The molecule has 3 rings (SSSR count). The van der Waals surface area contributed by atoms with Crippen molar-refractivity contribution < 1.29 is 47.4 Å². The van der Waals surface area contributed by atoms with E-state index >= 15 is 0 Å². The van der Waals surface area contributed by atoms with Crippen LogP contribution in [-0.2, 0) is 20.8 Å². The van der Waals surface area contributed by atoms with E-state index in [1.165, 1.54) is 12.5 Å². The lowest BCUT2D eigenvalue weighted by Crippen LogP contribution is -2.43. The Kier molecular flexibility index (Phi) is 7.88. The number of aromatic nitrogens is 2. The Labute approximate surface area is 183 Å². The van der Waals surface area contributed by atoms with Crippen LogP contribution in [0.25, 0.3) is 0 Å². The number of halogens is 3. The summed E-state index contributed by atoms with van der Waals surface area (Å²) >= 11 is 0. The molecule has 0 aliphatic carbocycles. The molecule has 0 spiro atoms. The van der Waals surface area contributed by atoms with Crippen LogP contribution in [-0.4, -0.2) is 73.5 Å². The lowest BCUT2D eigenvalue weighted by Gasteiger charge is -2.16. The van der Waals surface area contributed by atoms with Crippen LogP contribution in [0, 0.1) is 0 Å². The molecule has 176 valence electrons. The summed E-state index contributed by atoms with van der Waals surface area (Å²) in [7, 11) is 0. The van der Waals surface area contributed by atoms with Crippen molar-refractivity contribution in [1.82, 2.24) is 20.2 Å². The molecule has 3 amide bonds. The smallest absolute Gasteiger partial charge is 0.480 e. The summed E-state index contributed by atoms with van der Waals surface area (Å²) in [5.41, 5.74) is 1.18. The minimum atomic E-state index is -5.08. The number of carbonyl (C=O) groups excluding carboxylic acids is 3. The third-order valence-corrected chi connectivity index (χ3v) is 4.30. The van der Waals surface area contributed by atoms with Gasteiger partial charge in [0.25, 0.3) is 11.8 Å². The number of benzene rings is 1. The predicted octanol–water partition coefficient (Wildman–Crippen LogP) is 0.841. The Hall–Kier alpha value is -4.23. The lowest BCUT2D eigenvalue weighted by molar-refractivity contribution is -0.192. The van der Waals surface area contributed by atoms with E-state index < -0.39 is 41.9 Å². The fourth-order valence-corrected chi connectivity index (χ4v) is 2.74. The highest BCUT2D eigenvalue weighted by Crippen LogP contribution is 2.22. The van der Waals surface area contributed by atoms with Gasteiger partial charge < -0.3 is 20.5 Å². The topological polar surface area (TPSA) is 170 Å². The first-order valence-corrected chi connectivity index (χ1v) is 9.16. The van der Waals surface area contributed by atoms with Crippen LogP contribution in [0.2, 0.25) is 0 Å². The molecule has 1 aliphatic rings. The van der Waals surface area contributed by atoms with Gasteiger partial charge in [0.1, 0.15) is 6.04 Å². The number of rotatable bonds is 7.